The summed E-state index contributed by atoms with van der Waals surface area (Å²) < 4.78 is 0. The Hall–Kier alpha value is -6.03. The summed E-state index contributed by atoms with van der Waals surface area (Å²) in [5.74, 6) is -6.38. The van der Waals surface area contributed by atoms with Crippen LogP contribution in [-0.4, -0.2) is 58.2 Å². The van der Waals surface area contributed by atoms with Gasteiger partial charge in [0.2, 0.25) is 5.91 Å². The van der Waals surface area contributed by atoms with Crippen LogP contribution in [0, 0.1) is 39.4 Å². The van der Waals surface area contributed by atoms with E-state index in [0.29, 0.717) is 16.7 Å². The Kier molecular flexibility index (Phi) is 16.2. The maximum atomic E-state index is 14.6. The number of nitrogens with one attached hydrogen (secondary N) is 1. The van der Waals surface area contributed by atoms with Gasteiger partial charge in [-0.15, -0.1) is 0 Å². The van der Waals surface area contributed by atoms with Gasteiger partial charge in [0, 0.05) is 77.7 Å². The van der Waals surface area contributed by atoms with Gasteiger partial charge in [-0.05, 0) is 41.7 Å². The molecule has 0 radical (unpaired) electrons. The molecule has 1 N–H and O–H groups in total. The summed E-state index contributed by atoms with van der Waals surface area (Å²) in [5.41, 5.74) is -2.76. The van der Waals surface area contributed by atoms with Gasteiger partial charge >= 0.3 is 0 Å². The minimum Gasteiger partial charge on any atom is -0.345 e. The molecule has 1 aliphatic heterocycles. The predicted octanol–water partition coefficient (Wildman–Crippen LogP) is 9.67. The molecule has 1 aliphatic rings. The zero-order valence-corrected chi connectivity index (χ0v) is 40.9. The molecule has 1 fully saturated rings. The Morgan fingerprint density at radius 2 is 1.01 bits per heavy atom. The molecule has 1 saturated heterocycles. The summed E-state index contributed by atoms with van der Waals surface area (Å²) in [7, 11) is 0. The topological polar surface area (TPSA) is 166 Å². The number of hydrogen-bond donors (Lipinski definition) is 1. The van der Waals surface area contributed by atoms with Gasteiger partial charge in [0.15, 0.2) is 11.6 Å². The third-order valence-electron chi connectivity index (χ3n) is 13.7. The van der Waals surface area contributed by atoms with E-state index >= 15 is 0 Å². The van der Waals surface area contributed by atoms with E-state index in [-0.39, 0.29) is 80.3 Å². The number of benzene rings is 4. The lowest BCUT2D eigenvalue weighted by Gasteiger charge is -2.31. The van der Waals surface area contributed by atoms with E-state index < -0.39 is 68.7 Å². The van der Waals surface area contributed by atoms with Crippen molar-refractivity contribution in [3.63, 3.8) is 0 Å². The van der Waals surface area contributed by atoms with Crippen molar-refractivity contribution in [2.75, 3.05) is 0 Å². The minimum absolute atomic E-state index is 0.0911. The van der Waals surface area contributed by atoms with Gasteiger partial charge < -0.3 is 5.32 Å². The minimum atomic E-state index is -1.38. The normalized spacial score (nSPS) is 23.7. The molecule has 0 aliphatic carbocycles. The molecular formula is C57H67NO9. The first-order valence-electron chi connectivity index (χ1n) is 23.4. The molecule has 354 valence electrons. The molecule has 10 heteroatoms. The summed E-state index contributed by atoms with van der Waals surface area (Å²) in [6, 6.07) is 28.1. The fourth-order valence-electron chi connectivity index (χ4n) is 8.94. The molecule has 67 heavy (non-hydrogen) atoms. The lowest BCUT2D eigenvalue weighted by Crippen LogP contribution is -2.49. The zero-order chi connectivity index (χ0) is 49.6. The van der Waals surface area contributed by atoms with Crippen LogP contribution >= 0.6 is 0 Å². The van der Waals surface area contributed by atoms with Crippen LogP contribution in [0.15, 0.2) is 97.1 Å². The summed E-state index contributed by atoms with van der Waals surface area (Å²) in [6.45, 7) is 16.0. The smallest absolute Gasteiger partial charge is 0.226 e. The van der Waals surface area contributed by atoms with Crippen LogP contribution in [0.2, 0.25) is 0 Å². The Bertz CT molecular complexity index is 2560. The Labute approximate surface area is 395 Å². The lowest BCUT2D eigenvalue weighted by atomic mass is 9.71. The molecule has 1 heterocycles. The molecule has 1 amide bonds. The maximum Gasteiger partial charge on any atom is 0.226 e. The number of amides is 1. The summed E-state index contributed by atoms with van der Waals surface area (Å²) in [6.07, 6.45) is -1.31. The number of carbonyl (C=O) groups is 9. The van der Waals surface area contributed by atoms with Gasteiger partial charge in [0.25, 0.3) is 0 Å². The number of ketones is 8. The lowest BCUT2D eigenvalue weighted by molar-refractivity contribution is -0.143. The van der Waals surface area contributed by atoms with Crippen LogP contribution in [0.1, 0.15) is 135 Å². The monoisotopic (exact) mass is 909 g/mol. The van der Waals surface area contributed by atoms with Gasteiger partial charge in [0.05, 0.1) is 17.4 Å². The van der Waals surface area contributed by atoms with Gasteiger partial charge in [-0.2, -0.15) is 0 Å². The van der Waals surface area contributed by atoms with Crippen molar-refractivity contribution in [1.29, 1.82) is 0 Å². The SMILES string of the molecule is CC1CC(=O)C(C)(C)CC(=O)C(Cc2ccc3ccccc3c2)NC(=O)C(C)(C)CC(=O)C(Cc2ccc(C(=O)c3ccccc3)cc2)CC(=O)C(C)(C)CC(=O)C(C)C(=O)C(C)(C)CC1=O. The highest BCUT2D eigenvalue weighted by atomic mass is 16.2. The molecule has 0 saturated carbocycles. The number of Topliss-reactive ketones (excluding diaryl/α,β-unsaturated/α-hetero) is 7. The third-order valence-corrected chi connectivity index (χ3v) is 13.7. The maximum absolute atomic E-state index is 14.6. The predicted molar refractivity (Wildman–Crippen MR) is 259 cm³/mol. The van der Waals surface area contributed by atoms with Crippen molar-refractivity contribution in [2.45, 2.75) is 127 Å². The Balaban J connectivity index is 1.52. The van der Waals surface area contributed by atoms with Crippen LogP contribution in [0.25, 0.3) is 10.8 Å². The highest BCUT2D eigenvalue weighted by molar-refractivity contribution is 6.09. The van der Waals surface area contributed by atoms with E-state index in [9.17, 15) is 43.2 Å². The van der Waals surface area contributed by atoms with E-state index in [1.165, 1.54) is 6.92 Å². The van der Waals surface area contributed by atoms with Crippen molar-refractivity contribution in [1.82, 2.24) is 5.32 Å². The van der Waals surface area contributed by atoms with Crippen molar-refractivity contribution >= 4 is 62.9 Å². The first-order chi connectivity index (χ1) is 31.2. The molecular weight excluding hydrogens is 843 g/mol. The van der Waals surface area contributed by atoms with Crippen LogP contribution in [0.3, 0.4) is 0 Å². The standard InChI is InChI=1S/C57H67NO9/c1-35-26-49(63)55(5,6)34-48(62)44(29-38-22-23-39-16-14-15-19-42(39)28-38)58-53(67)57(9,10)33-47(61)43(27-37-20-24-41(25-21-37)51(65)40-17-12-11-13-18-40)30-50(64)54(3,4)32-46(60)36(2)52(66)56(7,8)31-45(35)59/h11-25,28,35-36,43-44H,26-27,29-34H2,1-10H3,(H,58,67). The largest absolute Gasteiger partial charge is 0.345 e. The average molecular weight is 910 g/mol. The van der Waals surface area contributed by atoms with E-state index in [1.807, 2.05) is 48.5 Å². The molecule has 4 atom stereocenters. The second-order valence-electron chi connectivity index (χ2n) is 21.6. The van der Waals surface area contributed by atoms with Crippen molar-refractivity contribution < 1.29 is 43.2 Å². The van der Waals surface area contributed by atoms with Gasteiger partial charge in [-0.3, -0.25) is 43.2 Å². The fourth-order valence-corrected chi connectivity index (χ4v) is 8.94. The third kappa shape index (κ3) is 13.1. The Morgan fingerprint density at radius 1 is 0.507 bits per heavy atom. The van der Waals surface area contributed by atoms with Crippen molar-refractivity contribution in [2.24, 2.45) is 39.4 Å². The van der Waals surface area contributed by atoms with E-state index in [2.05, 4.69) is 5.32 Å². The number of hydrogen-bond acceptors (Lipinski definition) is 9. The molecule has 4 unspecified atom stereocenters. The number of carbonyl (C=O) groups excluding carboxylic acids is 9. The van der Waals surface area contributed by atoms with E-state index in [0.717, 1.165) is 16.3 Å². The highest BCUT2D eigenvalue weighted by Gasteiger charge is 2.43. The zero-order valence-electron chi connectivity index (χ0n) is 40.9. The van der Waals surface area contributed by atoms with E-state index in [4.69, 9.17) is 0 Å². The second-order valence-corrected chi connectivity index (χ2v) is 21.6. The average Bonchev–Trinajstić information content (AvgIpc) is 3.27. The number of rotatable bonds is 6. The van der Waals surface area contributed by atoms with Crippen LogP contribution in [0.5, 0.6) is 0 Å². The van der Waals surface area contributed by atoms with Crippen molar-refractivity contribution in [3.05, 3.63) is 119 Å². The van der Waals surface area contributed by atoms with E-state index in [1.54, 1.807) is 111 Å². The summed E-state index contributed by atoms with van der Waals surface area (Å²) in [4.78, 5) is 126. The van der Waals surface area contributed by atoms with Crippen LogP contribution < -0.4 is 5.32 Å². The molecule has 5 rings (SSSR count). The second kappa shape index (κ2) is 20.9. The quantitative estimate of drug-likeness (QED) is 0.146. The van der Waals surface area contributed by atoms with Gasteiger partial charge in [0.1, 0.15) is 34.7 Å². The molecule has 0 spiro atoms. The van der Waals surface area contributed by atoms with Crippen LogP contribution in [-0.2, 0) is 51.2 Å². The first-order valence-corrected chi connectivity index (χ1v) is 23.4. The number of fused-ring (bicyclic) bond motifs is 1. The first kappa shape index (κ1) is 51.9. The van der Waals surface area contributed by atoms with Gasteiger partial charge in [-0.25, -0.2) is 0 Å². The van der Waals surface area contributed by atoms with Gasteiger partial charge in [-0.1, -0.05) is 159 Å². The molecule has 0 bridgehead atoms. The molecule has 4 aromatic carbocycles. The molecule has 0 aromatic heterocycles. The summed E-state index contributed by atoms with van der Waals surface area (Å²) >= 11 is 0. The summed E-state index contributed by atoms with van der Waals surface area (Å²) in [5, 5.41) is 4.89. The Morgan fingerprint density at radius 3 is 1.64 bits per heavy atom. The molecule has 10 nitrogen and oxygen atoms in total. The fraction of sp³-hybridized carbons (Fsp3) is 0.456. The highest BCUT2D eigenvalue weighted by Crippen LogP contribution is 2.35. The van der Waals surface area contributed by atoms with Crippen molar-refractivity contribution in [3.8, 4) is 0 Å². The van der Waals surface area contributed by atoms with Crippen LogP contribution in [0.4, 0.5) is 0 Å². The molecule has 4 aromatic rings.